The van der Waals surface area contributed by atoms with Crippen molar-refractivity contribution in [2.24, 2.45) is 5.92 Å². The van der Waals surface area contributed by atoms with Gasteiger partial charge in [-0.2, -0.15) is 0 Å². The molecule has 0 aliphatic heterocycles. The number of hydrogen-bond acceptors (Lipinski definition) is 3. The predicted molar refractivity (Wildman–Crippen MR) is 96.2 cm³/mol. The summed E-state index contributed by atoms with van der Waals surface area (Å²) < 4.78 is 7.45. The Labute approximate surface area is 146 Å². The Morgan fingerprint density at radius 2 is 2.00 bits per heavy atom. The molecule has 1 saturated carbocycles. The third-order valence-corrected chi connectivity index (χ3v) is 6.32. The van der Waals surface area contributed by atoms with E-state index in [1.165, 1.54) is 28.2 Å². The summed E-state index contributed by atoms with van der Waals surface area (Å²) in [6.07, 6.45) is 2.68. The van der Waals surface area contributed by atoms with E-state index in [0.29, 0.717) is 6.04 Å². The zero-order valence-corrected chi connectivity index (χ0v) is 15.9. The van der Waals surface area contributed by atoms with Crippen LogP contribution in [-0.4, -0.2) is 14.2 Å². The van der Waals surface area contributed by atoms with E-state index in [2.05, 4.69) is 62.4 Å². The number of hydrogen-bond donors (Lipinski definition) is 1. The second-order valence-corrected chi connectivity index (χ2v) is 8.10. The van der Waals surface area contributed by atoms with E-state index < -0.39 is 0 Å². The number of methoxy groups -OCH3 is 1. The first-order valence-corrected chi connectivity index (χ1v) is 9.34. The lowest BCUT2D eigenvalue weighted by Crippen LogP contribution is -2.16. The third-order valence-electron chi connectivity index (χ3n) is 3.84. The van der Waals surface area contributed by atoms with Gasteiger partial charge in [0.05, 0.1) is 11.6 Å². The minimum absolute atomic E-state index is 0.500. The molecule has 1 aliphatic rings. The number of thiophene rings is 1. The number of benzene rings is 1. The Morgan fingerprint density at radius 1 is 1.24 bits per heavy atom. The van der Waals surface area contributed by atoms with Crippen LogP contribution in [0.1, 0.15) is 23.8 Å². The summed E-state index contributed by atoms with van der Waals surface area (Å²) in [7, 11) is 3.75. The van der Waals surface area contributed by atoms with Crippen LogP contribution in [0.5, 0.6) is 5.75 Å². The molecule has 2 nitrogen and oxygen atoms in total. The number of nitrogens with one attached hydrogen (secondary N) is 1. The fourth-order valence-corrected chi connectivity index (χ4v) is 5.32. The highest BCUT2D eigenvalue weighted by Crippen LogP contribution is 2.45. The summed E-state index contributed by atoms with van der Waals surface area (Å²) in [5.74, 6) is 1.67. The quantitative estimate of drug-likeness (QED) is 0.664. The summed E-state index contributed by atoms with van der Waals surface area (Å²) in [5, 5.41) is 3.46. The molecule has 5 heteroatoms. The van der Waals surface area contributed by atoms with Gasteiger partial charge in [0.25, 0.3) is 0 Å². The first kappa shape index (κ1) is 15.5. The lowest BCUT2D eigenvalue weighted by Gasteiger charge is -2.13. The van der Waals surface area contributed by atoms with Crippen molar-refractivity contribution < 1.29 is 4.74 Å². The molecule has 1 atom stereocenters. The van der Waals surface area contributed by atoms with Gasteiger partial charge in [0, 0.05) is 25.8 Å². The van der Waals surface area contributed by atoms with Gasteiger partial charge in [0.2, 0.25) is 0 Å². The van der Waals surface area contributed by atoms with Gasteiger partial charge in [-0.1, -0.05) is 15.9 Å². The molecule has 1 N–H and O–H groups in total. The van der Waals surface area contributed by atoms with Crippen molar-refractivity contribution in [1.29, 1.82) is 0 Å². The SMILES string of the molecule is CNC(c1ccc(-c2cc(OC)c(Br)cc2Br)s1)C1CC1. The van der Waals surface area contributed by atoms with Gasteiger partial charge >= 0.3 is 0 Å². The summed E-state index contributed by atoms with van der Waals surface area (Å²) in [4.78, 5) is 2.69. The smallest absolute Gasteiger partial charge is 0.133 e. The molecule has 0 spiro atoms. The molecule has 112 valence electrons. The van der Waals surface area contributed by atoms with Crippen molar-refractivity contribution in [3.8, 4) is 16.2 Å². The summed E-state index contributed by atoms with van der Waals surface area (Å²) in [6, 6.07) is 9.08. The van der Waals surface area contributed by atoms with E-state index in [-0.39, 0.29) is 0 Å². The average Bonchev–Trinajstić information content (AvgIpc) is 3.18. The molecule has 0 amide bonds. The molecule has 3 rings (SSSR count). The standard InChI is InChI=1S/C16H17Br2NOS/c1-19-16(9-3-4-9)15-6-5-14(21-15)10-7-13(20-2)12(18)8-11(10)17/h5-9,16,19H,3-4H2,1-2H3. The van der Waals surface area contributed by atoms with E-state index in [1.54, 1.807) is 7.11 Å². The van der Waals surface area contributed by atoms with E-state index in [9.17, 15) is 0 Å². The fraction of sp³-hybridized carbons (Fsp3) is 0.375. The maximum Gasteiger partial charge on any atom is 0.133 e. The molecule has 0 radical (unpaired) electrons. The molecule has 0 saturated heterocycles. The molecule has 0 bridgehead atoms. The van der Waals surface area contributed by atoms with Crippen LogP contribution in [0.25, 0.3) is 10.4 Å². The molecular weight excluding hydrogens is 414 g/mol. The third kappa shape index (κ3) is 3.21. The second-order valence-electron chi connectivity index (χ2n) is 5.27. The van der Waals surface area contributed by atoms with Gasteiger partial charge in [-0.25, -0.2) is 0 Å². The van der Waals surface area contributed by atoms with Crippen LogP contribution in [0.15, 0.2) is 33.2 Å². The summed E-state index contributed by atoms with van der Waals surface area (Å²) in [5.41, 5.74) is 1.18. The van der Waals surface area contributed by atoms with Gasteiger partial charge in [0.15, 0.2) is 0 Å². The highest BCUT2D eigenvalue weighted by Gasteiger charge is 2.32. The molecule has 1 unspecified atom stereocenters. The molecule has 21 heavy (non-hydrogen) atoms. The lowest BCUT2D eigenvalue weighted by molar-refractivity contribution is 0.412. The molecule has 1 fully saturated rings. The maximum atomic E-state index is 5.41. The van der Waals surface area contributed by atoms with Crippen molar-refractivity contribution >= 4 is 43.2 Å². The van der Waals surface area contributed by atoms with Gasteiger partial charge < -0.3 is 10.1 Å². The minimum Gasteiger partial charge on any atom is -0.496 e. The van der Waals surface area contributed by atoms with Gasteiger partial charge in [-0.05, 0) is 66.0 Å². The van der Waals surface area contributed by atoms with Gasteiger partial charge in [-0.15, -0.1) is 11.3 Å². The Bertz CT molecular complexity index is 652. The van der Waals surface area contributed by atoms with Gasteiger partial charge in [0.1, 0.15) is 5.75 Å². The highest BCUT2D eigenvalue weighted by atomic mass is 79.9. The van der Waals surface area contributed by atoms with Crippen LogP contribution in [0.2, 0.25) is 0 Å². The van der Waals surface area contributed by atoms with Crippen LogP contribution in [-0.2, 0) is 0 Å². The lowest BCUT2D eigenvalue weighted by atomic mass is 10.1. The summed E-state index contributed by atoms with van der Waals surface area (Å²) >= 11 is 9.04. The van der Waals surface area contributed by atoms with Crippen LogP contribution < -0.4 is 10.1 Å². The Hall–Kier alpha value is -0.360. The van der Waals surface area contributed by atoms with Crippen molar-refractivity contribution in [3.63, 3.8) is 0 Å². The monoisotopic (exact) mass is 429 g/mol. The van der Waals surface area contributed by atoms with Crippen molar-refractivity contribution in [1.82, 2.24) is 5.32 Å². The maximum absolute atomic E-state index is 5.41. The Kier molecular flexibility index (Phi) is 4.74. The molecule has 2 aromatic rings. The van der Waals surface area contributed by atoms with Crippen LogP contribution in [0.4, 0.5) is 0 Å². The van der Waals surface area contributed by atoms with Crippen molar-refractivity contribution in [3.05, 3.63) is 38.1 Å². The zero-order chi connectivity index (χ0) is 15.0. The summed E-state index contributed by atoms with van der Waals surface area (Å²) in [6.45, 7) is 0. The number of halogens is 2. The number of ether oxygens (including phenoxy) is 1. The average molecular weight is 431 g/mol. The molecule has 1 aliphatic carbocycles. The van der Waals surface area contributed by atoms with Gasteiger partial charge in [-0.3, -0.25) is 0 Å². The van der Waals surface area contributed by atoms with E-state index in [1.807, 2.05) is 17.4 Å². The van der Waals surface area contributed by atoms with E-state index >= 15 is 0 Å². The Balaban J connectivity index is 1.95. The second kappa shape index (κ2) is 6.41. The van der Waals surface area contributed by atoms with Crippen LogP contribution >= 0.6 is 43.2 Å². The number of rotatable bonds is 5. The first-order chi connectivity index (χ1) is 10.1. The Morgan fingerprint density at radius 3 is 2.62 bits per heavy atom. The van der Waals surface area contributed by atoms with E-state index in [4.69, 9.17) is 4.74 Å². The van der Waals surface area contributed by atoms with Crippen LogP contribution in [0.3, 0.4) is 0 Å². The fourth-order valence-electron chi connectivity index (χ4n) is 2.58. The molecule has 1 aromatic carbocycles. The zero-order valence-electron chi connectivity index (χ0n) is 12.0. The largest absolute Gasteiger partial charge is 0.496 e. The molecule has 1 heterocycles. The van der Waals surface area contributed by atoms with Crippen molar-refractivity contribution in [2.75, 3.05) is 14.2 Å². The first-order valence-electron chi connectivity index (χ1n) is 6.94. The van der Waals surface area contributed by atoms with E-state index in [0.717, 1.165) is 20.6 Å². The normalized spacial score (nSPS) is 16.0. The predicted octanol–water partition coefficient (Wildman–Crippen LogP) is 5.62. The minimum atomic E-state index is 0.500. The van der Waals surface area contributed by atoms with Crippen molar-refractivity contribution in [2.45, 2.75) is 18.9 Å². The van der Waals surface area contributed by atoms with Crippen LogP contribution in [0, 0.1) is 5.92 Å². The topological polar surface area (TPSA) is 21.3 Å². The highest BCUT2D eigenvalue weighted by molar-refractivity contribution is 9.11. The molecular formula is C16H17Br2NOS. The molecule has 1 aromatic heterocycles.